The van der Waals surface area contributed by atoms with Gasteiger partial charge in [0, 0.05) is 16.7 Å². The third-order valence-corrected chi connectivity index (χ3v) is 2.44. The zero-order valence-corrected chi connectivity index (χ0v) is 10.2. The van der Waals surface area contributed by atoms with Crippen LogP contribution in [0.5, 0.6) is 23.3 Å². The van der Waals surface area contributed by atoms with Crippen LogP contribution in [0.2, 0.25) is 0 Å². The highest BCUT2D eigenvalue weighted by Crippen LogP contribution is 2.35. The quantitative estimate of drug-likeness (QED) is 0.383. The number of azide groups is 1. The summed E-state index contributed by atoms with van der Waals surface area (Å²) in [6, 6.07) is 4.27. The van der Waals surface area contributed by atoms with E-state index in [9.17, 15) is 20.1 Å². The van der Waals surface area contributed by atoms with Gasteiger partial charge in [0.1, 0.15) is 5.56 Å². The molecule has 1 heterocycles. The molecular formula is C11H8N4O6. The molecule has 10 heteroatoms. The first-order valence-electron chi connectivity index (χ1n) is 5.37. The van der Waals surface area contributed by atoms with Crippen molar-refractivity contribution in [2.45, 2.75) is 0 Å². The van der Waals surface area contributed by atoms with Gasteiger partial charge in [0.05, 0.1) is 0 Å². The Morgan fingerprint density at radius 3 is 2.52 bits per heavy atom. The van der Waals surface area contributed by atoms with Crippen molar-refractivity contribution in [1.82, 2.24) is 4.73 Å². The molecule has 0 fully saturated rings. The van der Waals surface area contributed by atoms with E-state index in [-0.39, 0.29) is 17.0 Å². The van der Waals surface area contributed by atoms with Gasteiger partial charge in [-0.1, -0.05) is 11.2 Å². The Morgan fingerprint density at radius 2 is 2.00 bits per heavy atom. The fourth-order valence-corrected chi connectivity index (χ4v) is 1.52. The Bertz CT molecular complexity index is 762. The van der Waals surface area contributed by atoms with Crippen LogP contribution in [0.15, 0.2) is 29.4 Å². The summed E-state index contributed by atoms with van der Waals surface area (Å²) >= 11 is 0. The van der Waals surface area contributed by atoms with E-state index >= 15 is 0 Å². The van der Waals surface area contributed by atoms with Crippen LogP contribution in [-0.2, 0) is 0 Å². The van der Waals surface area contributed by atoms with Crippen molar-refractivity contribution in [3.63, 3.8) is 0 Å². The Kier molecular flexibility index (Phi) is 3.46. The minimum Gasteiger partial charge on any atom is -0.503 e. The molecule has 21 heavy (non-hydrogen) atoms. The number of nitrogens with zero attached hydrogens (tertiary/aromatic N) is 4. The van der Waals surface area contributed by atoms with Gasteiger partial charge in [-0.25, -0.2) is 4.79 Å². The fraction of sp³-hybridized carbons (Fsp3) is 0. The lowest BCUT2D eigenvalue weighted by atomic mass is 10.2. The lowest BCUT2D eigenvalue weighted by molar-refractivity contribution is 0.0684. The molecule has 1 aromatic carbocycles. The molecule has 0 unspecified atom stereocenters. The van der Waals surface area contributed by atoms with E-state index in [0.717, 1.165) is 18.2 Å². The molecule has 0 radical (unpaired) electrons. The Morgan fingerprint density at radius 1 is 1.29 bits per heavy atom. The number of hydrogen-bond donors (Lipinski definition) is 4. The summed E-state index contributed by atoms with van der Waals surface area (Å²) in [6.07, 6.45) is 0. The monoisotopic (exact) mass is 292 g/mol. The first-order chi connectivity index (χ1) is 9.93. The molecule has 4 N–H and O–H groups in total. The largest absolute Gasteiger partial charge is 0.503 e. The van der Waals surface area contributed by atoms with E-state index in [1.54, 1.807) is 0 Å². The molecule has 2 rings (SSSR count). The van der Waals surface area contributed by atoms with Crippen LogP contribution in [0.1, 0.15) is 10.4 Å². The van der Waals surface area contributed by atoms with Crippen molar-refractivity contribution in [3.05, 3.63) is 40.3 Å². The van der Waals surface area contributed by atoms with Crippen LogP contribution >= 0.6 is 0 Å². The number of carboxylic acid groups (broad SMARTS) is 1. The summed E-state index contributed by atoms with van der Waals surface area (Å²) < 4.78 is 0.414. The molecule has 0 saturated carbocycles. The van der Waals surface area contributed by atoms with Crippen molar-refractivity contribution < 1.29 is 30.1 Å². The predicted octanol–water partition coefficient (Wildman–Crippen LogP) is 2.09. The van der Waals surface area contributed by atoms with Crippen molar-refractivity contribution in [3.8, 4) is 23.3 Å². The van der Waals surface area contributed by atoms with Crippen LogP contribution in [-0.4, -0.2) is 31.1 Å². The van der Waals surface area contributed by atoms with Gasteiger partial charge >= 0.3 is 5.97 Å². The molecular weight excluding hydrogens is 284 g/mol. The standard InChI is InChI=1S/C11H8N4O6/c12-14-13-5-1-2-6(11(19)20)8(3-5)21-15-9(17)4-7(16)10(15)18/h1-4,16-18H,(H,19,20). The summed E-state index contributed by atoms with van der Waals surface area (Å²) in [6.45, 7) is 0. The maximum atomic E-state index is 11.1. The normalized spacial score (nSPS) is 9.90. The highest BCUT2D eigenvalue weighted by atomic mass is 16.7. The van der Waals surface area contributed by atoms with Crippen molar-refractivity contribution in [1.29, 1.82) is 0 Å². The lowest BCUT2D eigenvalue weighted by Gasteiger charge is -2.11. The molecule has 1 aromatic heterocycles. The Hall–Kier alpha value is -3.52. The highest BCUT2D eigenvalue weighted by molar-refractivity contribution is 5.91. The second-order valence-corrected chi connectivity index (χ2v) is 3.77. The zero-order valence-electron chi connectivity index (χ0n) is 10.2. The highest BCUT2D eigenvalue weighted by Gasteiger charge is 2.19. The van der Waals surface area contributed by atoms with Crippen LogP contribution in [0.25, 0.3) is 10.4 Å². The summed E-state index contributed by atoms with van der Waals surface area (Å²) in [5.41, 5.74) is 8.11. The molecule has 0 aliphatic rings. The van der Waals surface area contributed by atoms with Crippen LogP contribution < -0.4 is 4.84 Å². The van der Waals surface area contributed by atoms with E-state index in [1.165, 1.54) is 6.07 Å². The van der Waals surface area contributed by atoms with Crippen LogP contribution in [0, 0.1) is 0 Å². The molecule has 0 saturated heterocycles. The number of rotatable bonds is 4. The van der Waals surface area contributed by atoms with Crippen molar-refractivity contribution >= 4 is 11.7 Å². The molecule has 0 aliphatic carbocycles. The molecule has 0 spiro atoms. The summed E-state index contributed by atoms with van der Waals surface area (Å²) in [5.74, 6) is -3.79. The number of carbonyl (C=O) groups is 1. The molecule has 0 aliphatic heterocycles. The third kappa shape index (κ3) is 2.60. The number of aromatic hydroxyl groups is 3. The summed E-state index contributed by atoms with van der Waals surface area (Å²) in [4.78, 5) is 18.7. The minimum absolute atomic E-state index is 0.0628. The Labute approximate surface area is 116 Å². The van der Waals surface area contributed by atoms with E-state index in [1.807, 2.05) is 0 Å². The van der Waals surface area contributed by atoms with Gasteiger partial charge in [-0.15, -0.1) is 4.73 Å². The number of benzene rings is 1. The maximum Gasteiger partial charge on any atom is 0.339 e. The summed E-state index contributed by atoms with van der Waals surface area (Å²) in [7, 11) is 0. The molecule has 0 amide bonds. The molecule has 10 nitrogen and oxygen atoms in total. The van der Waals surface area contributed by atoms with E-state index in [4.69, 9.17) is 15.5 Å². The van der Waals surface area contributed by atoms with Gasteiger partial charge in [-0.3, -0.25) is 0 Å². The minimum atomic E-state index is -1.34. The second-order valence-electron chi connectivity index (χ2n) is 3.77. The number of hydrogen-bond acceptors (Lipinski definition) is 6. The molecule has 0 atom stereocenters. The third-order valence-electron chi connectivity index (χ3n) is 2.44. The van der Waals surface area contributed by atoms with Gasteiger partial charge in [-0.2, -0.15) is 0 Å². The van der Waals surface area contributed by atoms with Crippen LogP contribution in [0.4, 0.5) is 5.69 Å². The zero-order chi connectivity index (χ0) is 15.6. The smallest absolute Gasteiger partial charge is 0.339 e. The average Bonchev–Trinajstić information content (AvgIpc) is 2.66. The number of aromatic nitrogens is 1. The van der Waals surface area contributed by atoms with Gasteiger partial charge < -0.3 is 25.3 Å². The van der Waals surface area contributed by atoms with Crippen molar-refractivity contribution in [2.75, 3.05) is 0 Å². The SMILES string of the molecule is [N-]=[N+]=Nc1ccc(C(=O)O)c(On2c(O)cc(O)c2O)c1. The molecule has 0 bridgehead atoms. The fourth-order valence-electron chi connectivity index (χ4n) is 1.52. The van der Waals surface area contributed by atoms with Gasteiger partial charge in [0.15, 0.2) is 11.5 Å². The van der Waals surface area contributed by atoms with E-state index in [2.05, 4.69) is 10.0 Å². The second kappa shape index (κ2) is 5.23. The summed E-state index contributed by atoms with van der Waals surface area (Å²) in [5, 5.41) is 40.5. The molecule has 2 aromatic rings. The van der Waals surface area contributed by atoms with Crippen LogP contribution in [0.3, 0.4) is 0 Å². The van der Waals surface area contributed by atoms with Gasteiger partial charge in [0.25, 0.3) is 5.88 Å². The number of carboxylic acids is 1. The first kappa shape index (κ1) is 13.9. The Balaban J connectivity index is 2.53. The first-order valence-corrected chi connectivity index (χ1v) is 5.37. The maximum absolute atomic E-state index is 11.1. The lowest BCUT2D eigenvalue weighted by Crippen LogP contribution is -2.08. The molecule has 108 valence electrons. The average molecular weight is 292 g/mol. The van der Waals surface area contributed by atoms with Crippen molar-refractivity contribution in [2.24, 2.45) is 5.11 Å². The predicted molar refractivity (Wildman–Crippen MR) is 67.7 cm³/mol. The topological polar surface area (TPSA) is 161 Å². The van der Waals surface area contributed by atoms with Gasteiger partial charge in [0.2, 0.25) is 5.88 Å². The van der Waals surface area contributed by atoms with Gasteiger partial charge in [-0.05, 0) is 17.7 Å². The van der Waals surface area contributed by atoms with E-state index in [0.29, 0.717) is 4.73 Å². The van der Waals surface area contributed by atoms with E-state index < -0.39 is 23.5 Å². The number of aromatic carboxylic acids is 1.